The zero-order valence-corrected chi connectivity index (χ0v) is 22.2. The predicted octanol–water partition coefficient (Wildman–Crippen LogP) is 6.11. The fourth-order valence-corrected chi connectivity index (χ4v) is 5.65. The first-order valence-corrected chi connectivity index (χ1v) is 13.7. The van der Waals surface area contributed by atoms with Crippen molar-refractivity contribution < 1.29 is 4.79 Å². The number of amides is 2. The molecule has 0 bridgehead atoms. The Balaban J connectivity index is 1.32. The first-order valence-electron chi connectivity index (χ1n) is 13.0. The molecule has 6 nitrogen and oxygen atoms in total. The summed E-state index contributed by atoms with van der Waals surface area (Å²) in [5, 5.41) is 16.0. The summed E-state index contributed by atoms with van der Waals surface area (Å²) in [4.78, 5) is 17.9. The zero-order chi connectivity index (χ0) is 25.3. The lowest BCUT2D eigenvalue weighted by molar-refractivity contribution is 0.0912. The molecule has 1 unspecified atom stereocenters. The van der Waals surface area contributed by atoms with Gasteiger partial charge >= 0.3 is 6.03 Å². The number of rotatable bonds is 8. The summed E-state index contributed by atoms with van der Waals surface area (Å²) in [5.41, 5.74) is 2.17. The fraction of sp³-hybridized carbons (Fsp3) is 0.500. The molecule has 0 aromatic heterocycles. The van der Waals surface area contributed by atoms with Gasteiger partial charge < -0.3 is 20.4 Å². The van der Waals surface area contributed by atoms with Gasteiger partial charge in [-0.25, -0.2) is 4.79 Å². The second kappa shape index (κ2) is 13.3. The fourth-order valence-electron chi connectivity index (χ4n) is 5.34. The third kappa shape index (κ3) is 7.60. The van der Waals surface area contributed by atoms with Gasteiger partial charge in [0.2, 0.25) is 0 Å². The first-order chi connectivity index (χ1) is 17.5. The number of nitrogens with zero attached hydrogens (tertiary/aromatic N) is 3. The number of urea groups is 1. The Morgan fingerprint density at radius 2 is 1.81 bits per heavy atom. The van der Waals surface area contributed by atoms with Crippen molar-refractivity contribution in [1.29, 1.82) is 5.26 Å². The Hall–Kier alpha value is -2.30. The van der Waals surface area contributed by atoms with Crippen molar-refractivity contribution in [2.45, 2.75) is 50.5 Å². The lowest BCUT2D eigenvalue weighted by atomic mass is 9.94. The number of carbonyl (C=O) groups excluding carboxylic acids is 1. The largest absolute Gasteiger partial charge is 0.337 e. The van der Waals surface area contributed by atoms with E-state index in [0.29, 0.717) is 27.8 Å². The Morgan fingerprint density at radius 1 is 1.03 bits per heavy atom. The van der Waals surface area contributed by atoms with Gasteiger partial charge in [0.15, 0.2) is 0 Å². The maximum atomic E-state index is 12.6. The van der Waals surface area contributed by atoms with E-state index in [1.165, 1.54) is 45.2 Å². The second-order valence-corrected chi connectivity index (χ2v) is 10.7. The minimum atomic E-state index is -0.294. The van der Waals surface area contributed by atoms with Crippen LogP contribution in [0, 0.1) is 11.3 Å². The van der Waals surface area contributed by atoms with Crippen LogP contribution in [-0.4, -0.2) is 61.1 Å². The van der Waals surface area contributed by atoms with Crippen LogP contribution in [0.2, 0.25) is 10.0 Å². The van der Waals surface area contributed by atoms with Gasteiger partial charge in [0.25, 0.3) is 0 Å². The molecular formula is C28H35Cl2N5O. The zero-order valence-electron chi connectivity index (χ0n) is 20.7. The average Bonchev–Trinajstić information content (AvgIpc) is 2.91. The summed E-state index contributed by atoms with van der Waals surface area (Å²) in [6.07, 6.45) is 7.45. The van der Waals surface area contributed by atoms with E-state index in [1.54, 1.807) is 24.3 Å². The summed E-state index contributed by atoms with van der Waals surface area (Å²) < 4.78 is 0. The molecule has 8 heteroatoms. The van der Waals surface area contributed by atoms with Crippen LogP contribution in [0.5, 0.6) is 0 Å². The first kappa shape index (κ1) is 26.8. The Kier molecular flexibility index (Phi) is 9.89. The van der Waals surface area contributed by atoms with Crippen molar-refractivity contribution in [3.8, 4) is 6.07 Å². The molecule has 0 spiro atoms. The van der Waals surface area contributed by atoms with Crippen LogP contribution in [0.25, 0.3) is 0 Å². The number of nitriles is 1. The molecule has 2 fully saturated rings. The highest BCUT2D eigenvalue weighted by Crippen LogP contribution is 2.29. The van der Waals surface area contributed by atoms with Gasteiger partial charge in [-0.05, 0) is 101 Å². The topological polar surface area (TPSA) is 71.4 Å². The summed E-state index contributed by atoms with van der Waals surface area (Å²) >= 11 is 12.5. The van der Waals surface area contributed by atoms with Crippen LogP contribution < -0.4 is 10.6 Å². The van der Waals surface area contributed by atoms with Gasteiger partial charge in [-0.2, -0.15) is 5.26 Å². The summed E-state index contributed by atoms with van der Waals surface area (Å²) in [6, 6.07) is 15.1. The van der Waals surface area contributed by atoms with Crippen LogP contribution in [0.3, 0.4) is 0 Å². The minimum Gasteiger partial charge on any atom is -0.337 e. The molecule has 2 aromatic carbocycles. The number of piperidine rings is 2. The molecule has 192 valence electrons. The molecule has 0 radical (unpaired) electrons. The van der Waals surface area contributed by atoms with Gasteiger partial charge in [0.05, 0.1) is 21.7 Å². The summed E-state index contributed by atoms with van der Waals surface area (Å²) in [5.74, 6) is 0.107. The molecule has 0 aliphatic carbocycles. The SMILES string of the molecule is N#Cc1cccc(NC(=O)NCC(CCN2CCC(N3CCCCC3)CC2)c2ccc(Cl)c(Cl)c2)c1. The highest BCUT2D eigenvalue weighted by atomic mass is 35.5. The number of hydrogen-bond acceptors (Lipinski definition) is 4. The molecule has 4 rings (SSSR count). The number of benzene rings is 2. The van der Waals surface area contributed by atoms with Crippen LogP contribution in [0.4, 0.5) is 10.5 Å². The molecule has 2 saturated heterocycles. The van der Waals surface area contributed by atoms with Crippen molar-refractivity contribution in [3.05, 3.63) is 63.6 Å². The standard InChI is InChI=1S/C28H35Cl2N5O/c29-26-8-7-22(18-27(26)30)23(20-32-28(36)33-24-6-4-5-21(17-24)19-31)9-14-34-15-10-25(11-16-34)35-12-2-1-3-13-35/h4-8,17-18,23,25H,1-3,9-16,20H2,(H2,32,33,36). The number of likely N-dealkylation sites (tertiary alicyclic amines) is 2. The number of halogens is 2. The molecule has 0 saturated carbocycles. The highest BCUT2D eigenvalue weighted by Gasteiger charge is 2.26. The molecule has 2 aliphatic rings. The highest BCUT2D eigenvalue weighted by molar-refractivity contribution is 6.42. The van der Waals surface area contributed by atoms with Crippen molar-refractivity contribution in [2.75, 3.05) is 44.6 Å². The lowest BCUT2D eigenvalue weighted by Gasteiger charge is -2.40. The smallest absolute Gasteiger partial charge is 0.319 e. The predicted molar refractivity (Wildman–Crippen MR) is 147 cm³/mol. The molecular weight excluding hydrogens is 493 g/mol. The Morgan fingerprint density at radius 3 is 2.53 bits per heavy atom. The minimum absolute atomic E-state index is 0.107. The summed E-state index contributed by atoms with van der Waals surface area (Å²) in [6.45, 7) is 6.23. The molecule has 1 atom stereocenters. The van der Waals surface area contributed by atoms with Gasteiger partial charge in [-0.3, -0.25) is 0 Å². The summed E-state index contributed by atoms with van der Waals surface area (Å²) in [7, 11) is 0. The van der Waals surface area contributed by atoms with E-state index < -0.39 is 0 Å². The van der Waals surface area contributed by atoms with Gasteiger partial charge in [0, 0.05) is 24.2 Å². The maximum absolute atomic E-state index is 12.6. The molecule has 2 N–H and O–H groups in total. The third-order valence-corrected chi connectivity index (χ3v) is 8.17. The molecule has 2 aromatic rings. The molecule has 36 heavy (non-hydrogen) atoms. The molecule has 2 amide bonds. The quantitative estimate of drug-likeness (QED) is 0.434. The monoisotopic (exact) mass is 527 g/mol. The maximum Gasteiger partial charge on any atom is 0.319 e. The van der Waals surface area contributed by atoms with E-state index in [2.05, 4.69) is 26.5 Å². The van der Waals surface area contributed by atoms with E-state index in [4.69, 9.17) is 28.5 Å². The lowest BCUT2D eigenvalue weighted by Crippen LogP contribution is -2.47. The second-order valence-electron chi connectivity index (χ2n) is 9.86. The number of nitrogens with one attached hydrogen (secondary N) is 2. The average molecular weight is 529 g/mol. The molecule has 2 aliphatic heterocycles. The van der Waals surface area contributed by atoms with Crippen molar-refractivity contribution >= 4 is 34.9 Å². The van der Waals surface area contributed by atoms with Crippen molar-refractivity contribution in [2.24, 2.45) is 0 Å². The van der Waals surface area contributed by atoms with E-state index in [1.807, 2.05) is 18.2 Å². The Labute approximate surface area is 224 Å². The van der Waals surface area contributed by atoms with E-state index in [9.17, 15) is 4.79 Å². The van der Waals surface area contributed by atoms with Crippen LogP contribution >= 0.6 is 23.2 Å². The normalized spacial score (nSPS) is 18.4. The molecule has 2 heterocycles. The number of anilines is 1. The Bertz CT molecular complexity index is 1060. The van der Waals surface area contributed by atoms with E-state index in [0.717, 1.165) is 37.7 Å². The van der Waals surface area contributed by atoms with E-state index in [-0.39, 0.29) is 11.9 Å². The van der Waals surface area contributed by atoms with E-state index >= 15 is 0 Å². The third-order valence-electron chi connectivity index (χ3n) is 7.43. The van der Waals surface area contributed by atoms with Crippen LogP contribution in [0.15, 0.2) is 42.5 Å². The van der Waals surface area contributed by atoms with Crippen molar-refractivity contribution in [3.63, 3.8) is 0 Å². The van der Waals surface area contributed by atoms with Gasteiger partial charge in [-0.1, -0.05) is 41.8 Å². The van der Waals surface area contributed by atoms with Crippen LogP contribution in [0.1, 0.15) is 55.6 Å². The van der Waals surface area contributed by atoms with Gasteiger partial charge in [0.1, 0.15) is 0 Å². The van der Waals surface area contributed by atoms with Crippen LogP contribution in [-0.2, 0) is 0 Å². The van der Waals surface area contributed by atoms with Gasteiger partial charge in [-0.15, -0.1) is 0 Å². The number of hydrogen-bond donors (Lipinski definition) is 2. The van der Waals surface area contributed by atoms with Crippen molar-refractivity contribution in [1.82, 2.24) is 15.1 Å². The number of carbonyl (C=O) groups is 1.